The first-order valence-corrected chi connectivity index (χ1v) is 8.08. The summed E-state index contributed by atoms with van der Waals surface area (Å²) in [4.78, 5) is 12.7. The number of hydrogen-bond donors (Lipinski definition) is 0. The molecule has 0 saturated carbocycles. The Morgan fingerprint density at radius 1 is 1.05 bits per heavy atom. The molecule has 98 valence electrons. The van der Waals surface area contributed by atoms with Gasteiger partial charge in [0.25, 0.3) is 0 Å². The standard InChI is InChI=1S/C15H13BrO2S/c1-19-14-8-6-13(7-9-14)18-12-4-2-11(3-5-12)15(17)10-16/h2-9H,10H2,1H3. The van der Waals surface area contributed by atoms with Crippen LogP contribution >= 0.6 is 27.7 Å². The maximum Gasteiger partial charge on any atom is 0.173 e. The van der Waals surface area contributed by atoms with Gasteiger partial charge in [0.1, 0.15) is 11.5 Å². The van der Waals surface area contributed by atoms with Gasteiger partial charge in [-0.1, -0.05) is 15.9 Å². The van der Waals surface area contributed by atoms with Crippen molar-refractivity contribution in [3.8, 4) is 11.5 Å². The average Bonchev–Trinajstić information content (AvgIpc) is 2.48. The fourth-order valence-corrected chi connectivity index (χ4v) is 2.30. The molecule has 0 saturated heterocycles. The van der Waals surface area contributed by atoms with Crippen LogP contribution in [0.2, 0.25) is 0 Å². The lowest BCUT2D eigenvalue weighted by Crippen LogP contribution is -1.99. The van der Waals surface area contributed by atoms with Crippen LogP contribution in [0.5, 0.6) is 11.5 Å². The van der Waals surface area contributed by atoms with Crippen LogP contribution < -0.4 is 4.74 Å². The number of halogens is 1. The van der Waals surface area contributed by atoms with Gasteiger partial charge < -0.3 is 4.74 Å². The van der Waals surface area contributed by atoms with Gasteiger partial charge in [-0.3, -0.25) is 4.79 Å². The number of hydrogen-bond acceptors (Lipinski definition) is 3. The minimum absolute atomic E-state index is 0.0656. The summed E-state index contributed by atoms with van der Waals surface area (Å²) in [6.45, 7) is 0. The molecule has 2 rings (SSSR count). The number of carbonyl (C=O) groups excluding carboxylic acids is 1. The van der Waals surface area contributed by atoms with Crippen LogP contribution in [0.4, 0.5) is 0 Å². The molecule has 0 aliphatic carbocycles. The first kappa shape index (κ1) is 14.2. The molecular weight excluding hydrogens is 324 g/mol. The van der Waals surface area contributed by atoms with Gasteiger partial charge in [0, 0.05) is 10.5 Å². The number of rotatable bonds is 5. The summed E-state index contributed by atoms with van der Waals surface area (Å²) in [7, 11) is 0. The van der Waals surface area contributed by atoms with Crippen LogP contribution in [0.15, 0.2) is 53.4 Å². The Bertz CT molecular complexity index is 549. The van der Waals surface area contributed by atoms with Gasteiger partial charge in [0.15, 0.2) is 5.78 Å². The molecular formula is C15H13BrO2S. The fraction of sp³-hybridized carbons (Fsp3) is 0.133. The predicted octanol–water partition coefficient (Wildman–Crippen LogP) is 4.78. The second-order valence-corrected chi connectivity index (χ2v) is 5.30. The van der Waals surface area contributed by atoms with Crippen molar-refractivity contribution in [3.63, 3.8) is 0 Å². The van der Waals surface area contributed by atoms with Crippen molar-refractivity contribution in [2.24, 2.45) is 0 Å². The molecule has 0 amide bonds. The first-order chi connectivity index (χ1) is 9.22. The third-order valence-electron chi connectivity index (χ3n) is 2.59. The maximum atomic E-state index is 11.5. The molecule has 0 fully saturated rings. The molecule has 2 nitrogen and oxygen atoms in total. The van der Waals surface area contributed by atoms with Crippen molar-refractivity contribution in [1.29, 1.82) is 0 Å². The number of benzene rings is 2. The highest BCUT2D eigenvalue weighted by Gasteiger charge is 2.04. The average molecular weight is 337 g/mol. The highest BCUT2D eigenvalue weighted by Crippen LogP contribution is 2.24. The van der Waals surface area contributed by atoms with E-state index in [0.717, 1.165) is 11.5 Å². The third kappa shape index (κ3) is 3.85. The van der Waals surface area contributed by atoms with E-state index in [2.05, 4.69) is 15.9 Å². The van der Waals surface area contributed by atoms with Crippen LogP contribution in [0.25, 0.3) is 0 Å². The Balaban J connectivity index is 2.08. The third-order valence-corrected chi connectivity index (χ3v) is 3.85. The summed E-state index contributed by atoms with van der Waals surface area (Å²) in [5.41, 5.74) is 0.682. The molecule has 0 radical (unpaired) electrons. The summed E-state index contributed by atoms with van der Waals surface area (Å²) < 4.78 is 5.71. The van der Waals surface area contributed by atoms with Gasteiger partial charge in [-0.15, -0.1) is 11.8 Å². The quantitative estimate of drug-likeness (QED) is 0.446. The molecule has 0 aliphatic heterocycles. The van der Waals surface area contributed by atoms with E-state index < -0.39 is 0 Å². The van der Waals surface area contributed by atoms with Gasteiger partial charge in [-0.05, 0) is 54.8 Å². The van der Waals surface area contributed by atoms with Crippen molar-refractivity contribution in [3.05, 3.63) is 54.1 Å². The topological polar surface area (TPSA) is 26.3 Å². The van der Waals surface area contributed by atoms with E-state index in [9.17, 15) is 4.79 Å². The summed E-state index contributed by atoms with van der Waals surface area (Å²) in [6.07, 6.45) is 2.04. The Kier molecular flexibility index (Phi) is 5.05. The van der Waals surface area contributed by atoms with Crippen molar-refractivity contribution in [2.45, 2.75) is 4.90 Å². The van der Waals surface area contributed by atoms with Gasteiger partial charge in [-0.25, -0.2) is 0 Å². The summed E-state index contributed by atoms with van der Waals surface area (Å²) in [5.74, 6) is 1.58. The number of ketones is 1. The first-order valence-electron chi connectivity index (χ1n) is 5.74. The molecule has 0 spiro atoms. The molecule has 0 aromatic heterocycles. The number of Topliss-reactive ketones (excluding diaryl/α,β-unsaturated/α-hetero) is 1. The Morgan fingerprint density at radius 2 is 1.58 bits per heavy atom. The number of thioether (sulfide) groups is 1. The lowest BCUT2D eigenvalue weighted by molar-refractivity contribution is 0.102. The van der Waals surface area contributed by atoms with E-state index >= 15 is 0 Å². The summed E-state index contributed by atoms with van der Waals surface area (Å²) in [5, 5.41) is 0.337. The summed E-state index contributed by atoms with van der Waals surface area (Å²) >= 11 is 4.85. The van der Waals surface area contributed by atoms with Gasteiger partial charge >= 0.3 is 0 Å². The van der Waals surface area contributed by atoms with Gasteiger partial charge in [-0.2, -0.15) is 0 Å². The van der Waals surface area contributed by atoms with Gasteiger partial charge in [0.05, 0.1) is 5.33 Å². The van der Waals surface area contributed by atoms with Crippen LogP contribution in [0.1, 0.15) is 10.4 Å². The molecule has 0 N–H and O–H groups in total. The molecule has 0 heterocycles. The van der Waals surface area contributed by atoms with Crippen LogP contribution in [0, 0.1) is 0 Å². The predicted molar refractivity (Wildman–Crippen MR) is 82.9 cm³/mol. The molecule has 0 atom stereocenters. The number of carbonyl (C=O) groups is 1. The van der Waals surface area contributed by atoms with E-state index in [1.807, 2.05) is 30.5 Å². The van der Waals surface area contributed by atoms with E-state index in [0.29, 0.717) is 10.9 Å². The normalized spacial score (nSPS) is 10.2. The van der Waals surface area contributed by atoms with Crippen LogP contribution in [0.3, 0.4) is 0 Å². The molecule has 0 unspecified atom stereocenters. The van der Waals surface area contributed by atoms with E-state index in [1.165, 1.54) is 4.90 Å². The fourth-order valence-electron chi connectivity index (χ4n) is 1.57. The molecule has 2 aromatic carbocycles. The zero-order valence-electron chi connectivity index (χ0n) is 10.4. The van der Waals surface area contributed by atoms with Crippen molar-refractivity contribution in [1.82, 2.24) is 0 Å². The number of alkyl halides is 1. The molecule has 4 heteroatoms. The molecule has 2 aromatic rings. The second-order valence-electron chi connectivity index (χ2n) is 3.86. The van der Waals surface area contributed by atoms with E-state index in [1.54, 1.807) is 36.0 Å². The maximum absolute atomic E-state index is 11.5. The minimum Gasteiger partial charge on any atom is -0.457 e. The monoisotopic (exact) mass is 336 g/mol. The highest BCUT2D eigenvalue weighted by molar-refractivity contribution is 9.09. The zero-order chi connectivity index (χ0) is 13.7. The second kappa shape index (κ2) is 6.78. The van der Waals surface area contributed by atoms with E-state index in [-0.39, 0.29) is 5.78 Å². The summed E-state index contributed by atoms with van der Waals surface area (Å²) in [6, 6.07) is 15.1. The van der Waals surface area contributed by atoms with Gasteiger partial charge in [0.2, 0.25) is 0 Å². The van der Waals surface area contributed by atoms with E-state index in [4.69, 9.17) is 4.74 Å². The van der Waals surface area contributed by atoms with Crippen LogP contribution in [-0.4, -0.2) is 17.4 Å². The van der Waals surface area contributed by atoms with Crippen LogP contribution in [-0.2, 0) is 0 Å². The Morgan fingerprint density at radius 3 is 2.05 bits per heavy atom. The Labute approximate surface area is 125 Å². The number of ether oxygens (including phenoxy) is 1. The Hall–Kier alpha value is -1.26. The lowest BCUT2D eigenvalue weighted by atomic mass is 10.1. The molecule has 0 bridgehead atoms. The lowest BCUT2D eigenvalue weighted by Gasteiger charge is -2.06. The molecule has 19 heavy (non-hydrogen) atoms. The largest absolute Gasteiger partial charge is 0.457 e. The highest BCUT2D eigenvalue weighted by atomic mass is 79.9. The zero-order valence-corrected chi connectivity index (χ0v) is 12.8. The van der Waals surface area contributed by atoms with Crippen molar-refractivity contribution in [2.75, 3.05) is 11.6 Å². The molecule has 0 aliphatic rings. The smallest absolute Gasteiger partial charge is 0.173 e. The van der Waals surface area contributed by atoms with Crippen molar-refractivity contribution < 1.29 is 9.53 Å². The SMILES string of the molecule is CSc1ccc(Oc2ccc(C(=O)CBr)cc2)cc1. The minimum atomic E-state index is 0.0656. The van der Waals surface area contributed by atoms with Crippen molar-refractivity contribution >= 4 is 33.5 Å².